The summed E-state index contributed by atoms with van der Waals surface area (Å²) in [4.78, 5) is 0. The molecule has 1 aromatic carbocycles. The third-order valence-electron chi connectivity index (χ3n) is 2.12. The lowest BCUT2D eigenvalue weighted by atomic mass is 10.1. The van der Waals surface area contributed by atoms with Crippen molar-refractivity contribution in [3.05, 3.63) is 35.6 Å². The maximum Gasteiger partial charge on any atom is 0.417 e. The average Bonchev–Trinajstić information content (AvgIpc) is 2.50. The van der Waals surface area contributed by atoms with Crippen LogP contribution in [0.2, 0.25) is 0 Å². The van der Waals surface area contributed by atoms with Gasteiger partial charge in [-0.05, 0) is 24.6 Å². The predicted molar refractivity (Wildman–Crippen MR) is 46.0 cm³/mol. The summed E-state index contributed by atoms with van der Waals surface area (Å²) < 4.78 is 42.4. The molecule has 0 radical (unpaired) electrons. The van der Waals surface area contributed by atoms with Crippen LogP contribution in [-0.2, 0) is 6.18 Å². The lowest BCUT2D eigenvalue weighted by Gasteiger charge is -2.07. The first kappa shape index (κ1) is 9.12. The van der Waals surface area contributed by atoms with E-state index in [-0.39, 0.29) is 5.39 Å². The molecule has 0 aliphatic rings. The molecule has 2 rings (SSSR count). The van der Waals surface area contributed by atoms with Crippen LogP contribution in [0.25, 0.3) is 11.0 Å². The highest BCUT2D eigenvalue weighted by Gasteiger charge is 2.33. The van der Waals surface area contributed by atoms with Crippen LogP contribution in [0.15, 0.2) is 28.9 Å². The summed E-state index contributed by atoms with van der Waals surface area (Å²) in [6.45, 7) is 1.71. The minimum Gasteiger partial charge on any atom is -0.464 e. The molecule has 4 heteroatoms. The predicted octanol–water partition coefficient (Wildman–Crippen LogP) is 3.76. The average molecular weight is 200 g/mol. The van der Waals surface area contributed by atoms with E-state index in [9.17, 15) is 13.2 Å². The Kier molecular flexibility index (Phi) is 1.80. The molecule has 0 bridgehead atoms. The Hall–Kier alpha value is -1.45. The van der Waals surface area contributed by atoms with Crippen molar-refractivity contribution in [2.45, 2.75) is 13.1 Å². The van der Waals surface area contributed by atoms with Crippen molar-refractivity contribution < 1.29 is 17.6 Å². The highest BCUT2D eigenvalue weighted by atomic mass is 19.4. The zero-order valence-corrected chi connectivity index (χ0v) is 7.35. The van der Waals surface area contributed by atoms with Crippen LogP contribution >= 0.6 is 0 Å². The maximum absolute atomic E-state index is 12.5. The van der Waals surface area contributed by atoms with E-state index in [2.05, 4.69) is 0 Å². The van der Waals surface area contributed by atoms with Crippen LogP contribution in [0, 0.1) is 6.92 Å². The van der Waals surface area contributed by atoms with Gasteiger partial charge in [0.1, 0.15) is 5.58 Å². The number of furan rings is 1. The highest BCUT2D eigenvalue weighted by Crippen LogP contribution is 2.36. The smallest absolute Gasteiger partial charge is 0.417 e. The molecule has 1 aromatic heterocycles. The number of halogens is 3. The molecule has 0 unspecified atom stereocenters. The summed E-state index contributed by atoms with van der Waals surface area (Å²) >= 11 is 0. The number of aryl methyl sites for hydroxylation is 1. The quantitative estimate of drug-likeness (QED) is 0.631. The summed E-state index contributed by atoms with van der Waals surface area (Å²) in [7, 11) is 0. The van der Waals surface area contributed by atoms with Crippen molar-refractivity contribution in [1.82, 2.24) is 0 Å². The minimum atomic E-state index is -4.32. The van der Waals surface area contributed by atoms with Crippen LogP contribution < -0.4 is 0 Å². The van der Waals surface area contributed by atoms with E-state index >= 15 is 0 Å². The fourth-order valence-electron chi connectivity index (χ4n) is 1.45. The van der Waals surface area contributed by atoms with Gasteiger partial charge >= 0.3 is 6.18 Å². The number of fused-ring (bicyclic) bond motifs is 1. The lowest BCUT2D eigenvalue weighted by Crippen LogP contribution is -2.05. The van der Waals surface area contributed by atoms with E-state index in [1.807, 2.05) is 0 Å². The number of benzene rings is 1. The maximum atomic E-state index is 12.5. The highest BCUT2D eigenvalue weighted by molar-refractivity contribution is 5.84. The first-order valence-electron chi connectivity index (χ1n) is 4.04. The first-order chi connectivity index (χ1) is 6.50. The van der Waals surface area contributed by atoms with E-state index < -0.39 is 11.7 Å². The van der Waals surface area contributed by atoms with Crippen LogP contribution in [0.4, 0.5) is 13.2 Å². The van der Waals surface area contributed by atoms with Crippen molar-refractivity contribution >= 4 is 11.0 Å². The lowest BCUT2D eigenvalue weighted by molar-refractivity contribution is -0.136. The second kappa shape index (κ2) is 2.77. The number of hydrogen-bond donors (Lipinski definition) is 0. The van der Waals surface area contributed by atoms with Crippen molar-refractivity contribution in [2.75, 3.05) is 0 Å². The van der Waals surface area contributed by atoms with Gasteiger partial charge in [0.05, 0.1) is 11.8 Å². The fourth-order valence-corrected chi connectivity index (χ4v) is 1.45. The molecule has 1 nitrogen and oxygen atoms in total. The largest absolute Gasteiger partial charge is 0.464 e. The molecule has 2 aromatic rings. The molecular weight excluding hydrogens is 193 g/mol. The normalized spacial score (nSPS) is 12.3. The first-order valence-corrected chi connectivity index (χ1v) is 4.04. The van der Waals surface area contributed by atoms with Crippen LogP contribution in [0.3, 0.4) is 0 Å². The number of rotatable bonds is 0. The molecule has 1 heterocycles. The van der Waals surface area contributed by atoms with Crippen LogP contribution in [0.5, 0.6) is 0 Å². The van der Waals surface area contributed by atoms with Gasteiger partial charge in [0.2, 0.25) is 0 Å². The van der Waals surface area contributed by atoms with Gasteiger partial charge in [0, 0.05) is 5.39 Å². The fraction of sp³-hybridized carbons (Fsp3) is 0.200. The molecule has 0 N–H and O–H groups in total. The van der Waals surface area contributed by atoms with Gasteiger partial charge in [-0.15, -0.1) is 0 Å². The van der Waals surface area contributed by atoms with Gasteiger partial charge in [0.15, 0.2) is 0 Å². The molecule has 0 spiro atoms. The molecule has 74 valence electrons. The summed E-state index contributed by atoms with van der Waals surface area (Å²) in [5.74, 6) is 0. The van der Waals surface area contributed by atoms with Crippen molar-refractivity contribution in [3.8, 4) is 0 Å². The van der Waals surface area contributed by atoms with Gasteiger partial charge in [-0.1, -0.05) is 6.07 Å². The Bertz CT molecular complexity index is 468. The Labute approximate surface area is 78.1 Å². The standard InChI is InChI=1S/C10H7F3O/c1-6-2-3-8(10(11,12)13)7-4-5-14-9(6)7/h2-5H,1H3. The van der Waals surface area contributed by atoms with E-state index in [4.69, 9.17) is 4.42 Å². The van der Waals surface area contributed by atoms with Crippen molar-refractivity contribution in [1.29, 1.82) is 0 Å². The molecule has 0 aliphatic carbocycles. The third-order valence-corrected chi connectivity index (χ3v) is 2.12. The van der Waals surface area contributed by atoms with Gasteiger partial charge in [-0.3, -0.25) is 0 Å². The Morgan fingerprint density at radius 2 is 1.86 bits per heavy atom. The summed E-state index contributed by atoms with van der Waals surface area (Å²) in [6, 6.07) is 3.83. The number of hydrogen-bond acceptors (Lipinski definition) is 1. The summed E-state index contributed by atoms with van der Waals surface area (Å²) in [5.41, 5.74) is 0.365. The van der Waals surface area contributed by atoms with E-state index in [1.165, 1.54) is 18.4 Å². The number of alkyl halides is 3. The molecule has 14 heavy (non-hydrogen) atoms. The van der Waals surface area contributed by atoms with Crippen molar-refractivity contribution in [3.63, 3.8) is 0 Å². The van der Waals surface area contributed by atoms with Crippen LogP contribution in [-0.4, -0.2) is 0 Å². The Morgan fingerprint density at radius 3 is 2.50 bits per heavy atom. The molecule has 0 amide bonds. The van der Waals surface area contributed by atoms with E-state index in [0.29, 0.717) is 11.1 Å². The molecule has 0 saturated heterocycles. The summed E-state index contributed by atoms with van der Waals surface area (Å²) in [6.07, 6.45) is -3.05. The minimum absolute atomic E-state index is 0.123. The van der Waals surface area contributed by atoms with Crippen LogP contribution in [0.1, 0.15) is 11.1 Å². The third kappa shape index (κ3) is 1.27. The molecule has 0 aliphatic heterocycles. The molecular formula is C10H7F3O. The second-order valence-corrected chi connectivity index (χ2v) is 3.09. The van der Waals surface area contributed by atoms with E-state index in [0.717, 1.165) is 6.07 Å². The SMILES string of the molecule is Cc1ccc(C(F)(F)F)c2ccoc12. The summed E-state index contributed by atoms with van der Waals surface area (Å²) in [5, 5.41) is 0.123. The zero-order chi connectivity index (χ0) is 10.3. The van der Waals surface area contributed by atoms with Crippen molar-refractivity contribution in [2.24, 2.45) is 0 Å². The van der Waals surface area contributed by atoms with Gasteiger partial charge < -0.3 is 4.42 Å². The molecule has 0 fully saturated rings. The molecule has 0 atom stereocenters. The Morgan fingerprint density at radius 1 is 1.14 bits per heavy atom. The van der Waals surface area contributed by atoms with Gasteiger partial charge in [-0.2, -0.15) is 13.2 Å². The Balaban J connectivity index is 2.80. The monoisotopic (exact) mass is 200 g/mol. The van der Waals surface area contributed by atoms with Gasteiger partial charge in [-0.25, -0.2) is 0 Å². The molecule has 0 saturated carbocycles. The second-order valence-electron chi connectivity index (χ2n) is 3.09. The topological polar surface area (TPSA) is 13.1 Å². The van der Waals surface area contributed by atoms with Gasteiger partial charge in [0.25, 0.3) is 0 Å². The zero-order valence-electron chi connectivity index (χ0n) is 7.35. The van der Waals surface area contributed by atoms with E-state index in [1.54, 1.807) is 6.92 Å².